The molecule has 0 saturated carbocycles. The van der Waals surface area contributed by atoms with Gasteiger partial charge in [-0.3, -0.25) is 5.10 Å². The second-order valence-electron chi connectivity index (χ2n) is 3.89. The number of thiophene rings is 1. The van der Waals surface area contributed by atoms with Crippen LogP contribution in [-0.4, -0.2) is 10.2 Å². The molecular weight excluding hydrogens is 228 g/mol. The molecule has 0 atom stereocenters. The van der Waals surface area contributed by atoms with Crippen LogP contribution in [0.3, 0.4) is 0 Å². The number of H-pyrrole nitrogens is 1. The van der Waals surface area contributed by atoms with Crippen LogP contribution >= 0.6 is 11.3 Å². The van der Waals surface area contributed by atoms with Crippen molar-refractivity contribution in [2.75, 3.05) is 0 Å². The van der Waals surface area contributed by atoms with Crippen LogP contribution in [0.1, 0.15) is 10.4 Å². The molecule has 0 aliphatic carbocycles. The molecule has 0 saturated heterocycles. The zero-order valence-corrected chi connectivity index (χ0v) is 10.1. The first-order valence-electron chi connectivity index (χ1n) is 5.53. The Balaban J connectivity index is 1.92. The molecule has 0 radical (unpaired) electrons. The van der Waals surface area contributed by atoms with E-state index in [0.29, 0.717) is 0 Å². The SMILES string of the molecule is c1ccc(Cc2sccc2-c2ccn[nH]2)cc1. The zero-order valence-electron chi connectivity index (χ0n) is 9.26. The van der Waals surface area contributed by atoms with E-state index in [1.807, 2.05) is 12.1 Å². The number of aromatic nitrogens is 2. The maximum absolute atomic E-state index is 4.01. The van der Waals surface area contributed by atoms with E-state index in [-0.39, 0.29) is 0 Å². The maximum Gasteiger partial charge on any atom is 0.0661 e. The van der Waals surface area contributed by atoms with Gasteiger partial charge in [0.15, 0.2) is 0 Å². The first-order chi connectivity index (χ1) is 8.43. The topological polar surface area (TPSA) is 28.7 Å². The van der Waals surface area contributed by atoms with Gasteiger partial charge in [-0.15, -0.1) is 11.3 Å². The monoisotopic (exact) mass is 240 g/mol. The summed E-state index contributed by atoms with van der Waals surface area (Å²) < 4.78 is 0. The van der Waals surface area contributed by atoms with Crippen LogP contribution in [0.25, 0.3) is 11.3 Å². The van der Waals surface area contributed by atoms with Crippen molar-refractivity contribution in [3.05, 3.63) is 64.5 Å². The molecule has 3 rings (SSSR count). The van der Waals surface area contributed by atoms with Gasteiger partial charge in [-0.1, -0.05) is 30.3 Å². The summed E-state index contributed by atoms with van der Waals surface area (Å²) >= 11 is 1.79. The van der Waals surface area contributed by atoms with Gasteiger partial charge >= 0.3 is 0 Å². The van der Waals surface area contributed by atoms with Gasteiger partial charge in [-0.2, -0.15) is 5.10 Å². The van der Waals surface area contributed by atoms with E-state index in [2.05, 4.69) is 45.9 Å². The average molecular weight is 240 g/mol. The maximum atomic E-state index is 4.01. The molecule has 2 heterocycles. The quantitative estimate of drug-likeness (QED) is 0.742. The van der Waals surface area contributed by atoms with Gasteiger partial charge in [0.1, 0.15) is 0 Å². The molecule has 2 nitrogen and oxygen atoms in total. The third-order valence-corrected chi connectivity index (χ3v) is 3.66. The summed E-state index contributed by atoms with van der Waals surface area (Å²) in [6, 6.07) is 14.7. The van der Waals surface area contributed by atoms with Crippen LogP contribution in [0.4, 0.5) is 0 Å². The summed E-state index contributed by atoms with van der Waals surface area (Å²) in [6.45, 7) is 0. The van der Waals surface area contributed by atoms with Crippen LogP contribution in [0.5, 0.6) is 0 Å². The normalized spacial score (nSPS) is 10.6. The fourth-order valence-corrected chi connectivity index (χ4v) is 2.83. The van der Waals surface area contributed by atoms with Gasteiger partial charge in [0.2, 0.25) is 0 Å². The van der Waals surface area contributed by atoms with Crippen LogP contribution in [0, 0.1) is 0 Å². The second kappa shape index (κ2) is 4.55. The predicted octanol–water partition coefficient (Wildman–Crippen LogP) is 3.73. The molecule has 0 bridgehead atoms. The van der Waals surface area contributed by atoms with Crippen molar-refractivity contribution in [3.8, 4) is 11.3 Å². The van der Waals surface area contributed by atoms with E-state index < -0.39 is 0 Å². The van der Waals surface area contributed by atoms with Crippen LogP contribution in [0.2, 0.25) is 0 Å². The summed E-state index contributed by atoms with van der Waals surface area (Å²) in [7, 11) is 0. The van der Waals surface area contributed by atoms with Gasteiger partial charge in [0.25, 0.3) is 0 Å². The lowest BCUT2D eigenvalue weighted by Crippen LogP contribution is -1.87. The Morgan fingerprint density at radius 1 is 1.06 bits per heavy atom. The van der Waals surface area contributed by atoms with Gasteiger partial charge in [-0.25, -0.2) is 0 Å². The van der Waals surface area contributed by atoms with Gasteiger partial charge in [-0.05, 0) is 23.1 Å². The molecule has 0 fully saturated rings. The van der Waals surface area contributed by atoms with Crippen molar-refractivity contribution < 1.29 is 0 Å². The molecule has 0 amide bonds. The molecule has 0 aliphatic rings. The number of nitrogens with zero attached hydrogens (tertiary/aromatic N) is 1. The minimum absolute atomic E-state index is 0.979. The minimum atomic E-state index is 0.979. The van der Waals surface area contributed by atoms with Crippen LogP contribution in [-0.2, 0) is 6.42 Å². The van der Waals surface area contributed by atoms with Gasteiger partial charge < -0.3 is 0 Å². The van der Waals surface area contributed by atoms with Crippen molar-refractivity contribution in [2.45, 2.75) is 6.42 Å². The van der Waals surface area contributed by atoms with Crippen molar-refractivity contribution in [1.29, 1.82) is 0 Å². The molecule has 0 spiro atoms. The van der Waals surface area contributed by atoms with Crippen molar-refractivity contribution in [1.82, 2.24) is 10.2 Å². The van der Waals surface area contributed by atoms with Crippen LogP contribution < -0.4 is 0 Å². The number of hydrogen-bond donors (Lipinski definition) is 1. The molecule has 1 N–H and O–H groups in total. The Morgan fingerprint density at radius 2 is 1.94 bits per heavy atom. The fraction of sp³-hybridized carbons (Fsp3) is 0.0714. The third-order valence-electron chi connectivity index (χ3n) is 2.74. The summed E-state index contributed by atoms with van der Waals surface area (Å²) in [4.78, 5) is 1.38. The van der Waals surface area contributed by atoms with Crippen molar-refractivity contribution in [2.24, 2.45) is 0 Å². The van der Waals surface area contributed by atoms with E-state index in [1.54, 1.807) is 17.5 Å². The lowest BCUT2D eigenvalue weighted by Gasteiger charge is -2.02. The molecule has 1 aromatic carbocycles. The van der Waals surface area contributed by atoms with Crippen molar-refractivity contribution in [3.63, 3.8) is 0 Å². The Bertz CT molecular complexity index is 582. The van der Waals surface area contributed by atoms with E-state index in [1.165, 1.54) is 16.0 Å². The molecule has 2 aromatic heterocycles. The summed E-state index contributed by atoms with van der Waals surface area (Å²) in [6.07, 6.45) is 2.77. The molecular formula is C14H12N2S. The summed E-state index contributed by atoms with van der Waals surface area (Å²) in [5.41, 5.74) is 3.70. The molecule has 17 heavy (non-hydrogen) atoms. The molecule has 3 heteroatoms. The Kier molecular flexibility index (Phi) is 2.76. The Labute approximate surface area is 104 Å². The lowest BCUT2D eigenvalue weighted by atomic mass is 10.1. The minimum Gasteiger partial charge on any atom is -0.278 e. The lowest BCUT2D eigenvalue weighted by molar-refractivity contribution is 1.09. The highest BCUT2D eigenvalue weighted by atomic mass is 32.1. The van der Waals surface area contributed by atoms with Gasteiger partial charge in [0.05, 0.1) is 5.69 Å². The van der Waals surface area contributed by atoms with Crippen molar-refractivity contribution >= 4 is 11.3 Å². The Morgan fingerprint density at radius 3 is 2.71 bits per heavy atom. The first-order valence-corrected chi connectivity index (χ1v) is 6.41. The molecule has 3 aromatic rings. The molecule has 0 aliphatic heterocycles. The highest BCUT2D eigenvalue weighted by Gasteiger charge is 2.08. The second-order valence-corrected chi connectivity index (χ2v) is 4.89. The van der Waals surface area contributed by atoms with E-state index in [9.17, 15) is 0 Å². The highest BCUT2D eigenvalue weighted by Crippen LogP contribution is 2.28. The van der Waals surface area contributed by atoms with Gasteiger partial charge in [0, 0.05) is 23.1 Å². The van der Waals surface area contributed by atoms with E-state index >= 15 is 0 Å². The smallest absolute Gasteiger partial charge is 0.0661 e. The number of nitrogens with one attached hydrogen (secondary N) is 1. The number of benzene rings is 1. The number of aromatic amines is 1. The summed E-state index contributed by atoms with van der Waals surface area (Å²) in [5.74, 6) is 0. The largest absolute Gasteiger partial charge is 0.278 e. The first kappa shape index (κ1) is 10.3. The molecule has 0 unspecified atom stereocenters. The third kappa shape index (κ3) is 2.15. The van der Waals surface area contributed by atoms with Crippen LogP contribution in [0.15, 0.2) is 54.0 Å². The number of hydrogen-bond acceptors (Lipinski definition) is 2. The standard InChI is InChI=1S/C14H12N2S/c1-2-4-11(5-3-1)10-14-12(7-9-17-14)13-6-8-15-16-13/h1-9H,10H2,(H,15,16). The predicted molar refractivity (Wildman–Crippen MR) is 71.1 cm³/mol. The zero-order chi connectivity index (χ0) is 11.5. The molecule has 84 valence electrons. The highest BCUT2D eigenvalue weighted by molar-refractivity contribution is 7.10. The number of rotatable bonds is 3. The van der Waals surface area contributed by atoms with E-state index in [4.69, 9.17) is 0 Å². The summed E-state index contributed by atoms with van der Waals surface area (Å²) in [5, 5.41) is 9.16. The van der Waals surface area contributed by atoms with E-state index in [0.717, 1.165) is 12.1 Å². The average Bonchev–Trinajstić information content (AvgIpc) is 3.00. The Hall–Kier alpha value is -1.87. The fourth-order valence-electron chi connectivity index (χ4n) is 1.90.